The zero-order valence-electron chi connectivity index (χ0n) is 8.60. The predicted molar refractivity (Wildman–Crippen MR) is 56.4 cm³/mol. The van der Waals surface area contributed by atoms with Gasteiger partial charge in [-0.15, -0.1) is 0 Å². The molecule has 0 amide bonds. The number of aromatic nitrogens is 1. The number of carbonyl (C=O) groups is 1. The van der Waals surface area contributed by atoms with Crippen LogP contribution in [0.5, 0.6) is 0 Å². The second-order valence-electron chi connectivity index (χ2n) is 3.17. The Labute approximate surface area is 88.5 Å². The summed E-state index contributed by atoms with van der Waals surface area (Å²) in [6, 6.07) is 3.23. The first-order valence-electron chi connectivity index (χ1n) is 4.73. The molecule has 3 N–H and O–H groups in total. The molecule has 0 bridgehead atoms. The van der Waals surface area contributed by atoms with Gasteiger partial charge in [-0.2, -0.15) is 0 Å². The maximum Gasteiger partial charge on any atom is 0.322 e. The van der Waals surface area contributed by atoms with Crippen LogP contribution in [-0.4, -0.2) is 35.7 Å². The van der Waals surface area contributed by atoms with E-state index in [9.17, 15) is 4.79 Å². The molecule has 0 spiro atoms. The normalized spacial score (nSPS) is 12.3. The maximum atomic E-state index is 10.7. The van der Waals surface area contributed by atoms with Crippen molar-refractivity contribution in [1.29, 1.82) is 0 Å². The minimum atomic E-state index is -0.847. The molecule has 1 unspecified atom stereocenters. The monoisotopic (exact) mass is 209 g/mol. The molecule has 1 rings (SSSR count). The van der Waals surface area contributed by atoms with Crippen LogP contribution in [0.15, 0.2) is 24.5 Å². The summed E-state index contributed by atoms with van der Waals surface area (Å²) in [6.45, 7) is 1.04. The third-order valence-electron chi connectivity index (χ3n) is 2.07. The van der Waals surface area contributed by atoms with Crippen LogP contribution in [0.1, 0.15) is 5.56 Å². The Balaban J connectivity index is 2.30. The van der Waals surface area contributed by atoms with Gasteiger partial charge in [-0.1, -0.05) is 0 Å². The van der Waals surface area contributed by atoms with E-state index in [0.29, 0.717) is 13.1 Å². The van der Waals surface area contributed by atoms with Crippen LogP contribution in [0.4, 0.5) is 0 Å². The second kappa shape index (κ2) is 6.10. The summed E-state index contributed by atoms with van der Waals surface area (Å²) in [5.74, 6) is -0.847. The third kappa shape index (κ3) is 4.05. The molecule has 1 aromatic heterocycles. The molecule has 0 fully saturated rings. The fraction of sp³-hybridized carbons (Fsp3) is 0.400. The predicted octanol–water partition coefficient (Wildman–Crippen LogP) is -0.156. The molecule has 0 aliphatic heterocycles. The number of hydrogen-bond acceptors (Lipinski definition) is 4. The highest BCUT2D eigenvalue weighted by Crippen LogP contribution is 1.94. The van der Waals surface area contributed by atoms with Crippen LogP contribution in [0.3, 0.4) is 0 Å². The van der Waals surface area contributed by atoms with Crippen molar-refractivity contribution in [3.05, 3.63) is 30.1 Å². The first-order chi connectivity index (χ1) is 7.24. The number of carboxylic acids is 1. The molecular weight excluding hydrogens is 194 g/mol. The van der Waals surface area contributed by atoms with E-state index < -0.39 is 12.0 Å². The zero-order valence-corrected chi connectivity index (χ0v) is 8.60. The minimum Gasteiger partial charge on any atom is -0.480 e. The van der Waals surface area contributed by atoms with Gasteiger partial charge in [0, 0.05) is 25.5 Å². The number of hydrogen-bond donors (Lipinski definition) is 3. The standard InChI is InChI=1S/C10H15N3O2/c1-11-9(10(14)15)7-13-6-8-2-4-12-5-3-8/h2-5,9,11,13H,6-7H2,1H3,(H,14,15). The number of likely N-dealkylation sites (N-methyl/N-ethyl adjacent to an activating group) is 1. The van der Waals surface area contributed by atoms with Crippen molar-refractivity contribution in [3.8, 4) is 0 Å². The third-order valence-corrected chi connectivity index (χ3v) is 2.07. The average molecular weight is 209 g/mol. The minimum absolute atomic E-state index is 0.397. The van der Waals surface area contributed by atoms with Crippen molar-refractivity contribution < 1.29 is 9.90 Å². The lowest BCUT2D eigenvalue weighted by Gasteiger charge is -2.11. The average Bonchev–Trinajstić information content (AvgIpc) is 2.25. The van der Waals surface area contributed by atoms with Crippen molar-refractivity contribution in [2.45, 2.75) is 12.6 Å². The molecule has 82 valence electrons. The summed E-state index contributed by atoms with van der Waals surface area (Å²) < 4.78 is 0. The number of nitrogens with one attached hydrogen (secondary N) is 2. The Morgan fingerprint density at radius 2 is 2.20 bits per heavy atom. The van der Waals surface area contributed by atoms with Crippen LogP contribution in [-0.2, 0) is 11.3 Å². The summed E-state index contributed by atoms with van der Waals surface area (Å²) in [5, 5.41) is 14.5. The summed E-state index contributed by atoms with van der Waals surface area (Å²) in [6.07, 6.45) is 3.42. The molecule has 0 aliphatic rings. The Bertz CT molecular complexity index is 303. The number of nitrogens with zero attached hydrogens (tertiary/aromatic N) is 1. The SMILES string of the molecule is CNC(CNCc1ccncc1)C(=O)O. The fourth-order valence-corrected chi connectivity index (χ4v) is 1.17. The van der Waals surface area contributed by atoms with Crippen LogP contribution < -0.4 is 10.6 Å². The number of aliphatic carboxylic acids is 1. The Morgan fingerprint density at radius 3 is 2.73 bits per heavy atom. The van der Waals surface area contributed by atoms with Gasteiger partial charge < -0.3 is 15.7 Å². The van der Waals surface area contributed by atoms with Gasteiger partial charge >= 0.3 is 5.97 Å². The highest BCUT2D eigenvalue weighted by atomic mass is 16.4. The van der Waals surface area contributed by atoms with Gasteiger partial charge in [0.05, 0.1) is 0 Å². The van der Waals surface area contributed by atoms with Crippen LogP contribution in [0.2, 0.25) is 0 Å². The molecule has 0 aliphatic carbocycles. The highest BCUT2D eigenvalue weighted by Gasteiger charge is 2.13. The van der Waals surface area contributed by atoms with E-state index in [1.807, 2.05) is 12.1 Å². The lowest BCUT2D eigenvalue weighted by Crippen LogP contribution is -2.42. The van der Waals surface area contributed by atoms with E-state index in [2.05, 4.69) is 15.6 Å². The number of rotatable bonds is 6. The molecule has 1 atom stereocenters. The smallest absolute Gasteiger partial charge is 0.322 e. The van der Waals surface area contributed by atoms with Crippen LogP contribution >= 0.6 is 0 Å². The lowest BCUT2D eigenvalue weighted by atomic mass is 10.2. The van der Waals surface area contributed by atoms with Crippen molar-refractivity contribution in [3.63, 3.8) is 0 Å². The fourth-order valence-electron chi connectivity index (χ4n) is 1.17. The Kier molecular flexibility index (Phi) is 4.73. The molecule has 5 heteroatoms. The van der Waals surface area contributed by atoms with Gasteiger partial charge in [0.15, 0.2) is 0 Å². The lowest BCUT2D eigenvalue weighted by molar-refractivity contribution is -0.139. The van der Waals surface area contributed by atoms with Crippen molar-refractivity contribution in [2.75, 3.05) is 13.6 Å². The summed E-state index contributed by atoms with van der Waals surface area (Å²) in [5.41, 5.74) is 1.09. The molecule has 0 saturated carbocycles. The van der Waals surface area contributed by atoms with E-state index >= 15 is 0 Å². The number of carboxylic acid groups (broad SMARTS) is 1. The van der Waals surface area contributed by atoms with E-state index in [4.69, 9.17) is 5.11 Å². The summed E-state index contributed by atoms with van der Waals surface area (Å²) in [4.78, 5) is 14.6. The first-order valence-corrected chi connectivity index (χ1v) is 4.73. The van der Waals surface area contributed by atoms with Gasteiger partial charge in [0.1, 0.15) is 6.04 Å². The van der Waals surface area contributed by atoms with E-state index in [-0.39, 0.29) is 0 Å². The van der Waals surface area contributed by atoms with Crippen molar-refractivity contribution in [2.24, 2.45) is 0 Å². The molecule has 1 heterocycles. The summed E-state index contributed by atoms with van der Waals surface area (Å²) >= 11 is 0. The molecule has 0 radical (unpaired) electrons. The van der Waals surface area contributed by atoms with Crippen molar-refractivity contribution >= 4 is 5.97 Å². The molecular formula is C10H15N3O2. The molecule has 0 saturated heterocycles. The molecule has 15 heavy (non-hydrogen) atoms. The van der Waals surface area contributed by atoms with Crippen LogP contribution in [0.25, 0.3) is 0 Å². The van der Waals surface area contributed by atoms with E-state index in [0.717, 1.165) is 5.56 Å². The van der Waals surface area contributed by atoms with Gasteiger partial charge in [-0.05, 0) is 24.7 Å². The Morgan fingerprint density at radius 1 is 1.53 bits per heavy atom. The highest BCUT2D eigenvalue weighted by molar-refractivity contribution is 5.73. The number of pyridine rings is 1. The topological polar surface area (TPSA) is 74.2 Å². The van der Waals surface area contributed by atoms with Gasteiger partial charge in [0.25, 0.3) is 0 Å². The maximum absolute atomic E-state index is 10.7. The summed E-state index contributed by atoms with van der Waals surface area (Å²) in [7, 11) is 1.63. The van der Waals surface area contributed by atoms with Gasteiger partial charge in [-0.3, -0.25) is 9.78 Å². The quantitative estimate of drug-likeness (QED) is 0.607. The zero-order chi connectivity index (χ0) is 11.1. The Hall–Kier alpha value is -1.46. The second-order valence-corrected chi connectivity index (χ2v) is 3.17. The molecule has 5 nitrogen and oxygen atoms in total. The van der Waals surface area contributed by atoms with E-state index in [1.54, 1.807) is 19.4 Å². The largest absolute Gasteiger partial charge is 0.480 e. The van der Waals surface area contributed by atoms with E-state index in [1.165, 1.54) is 0 Å². The molecule has 0 aromatic carbocycles. The van der Waals surface area contributed by atoms with Gasteiger partial charge in [0.2, 0.25) is 0 Å². The first kappa shape index (κ1) is 11.6. The van der Waals surface area contributed by atoms with Crippen molar-refractivity contribution in [1.82, 2.24) is 15.6 Å². The van der Waals surface area contributed by atoms with Crippen LogP contribution in [0, 0.1) is 0 Å². The molecule has 1 aromatic rings. The van der Waals surface area contributed by atoms with Gasteiger partial charge in [-0.25, -0.2) is 0 Å².